The fraction of sp³-hybridized carbons (Fsp3) is 0.360. The fourth-order valence-corrected chi connectivity index (χ4v) is 4.65. The molecule has 4 rings (SSSR count). The lowest BCUT2D eigenvalue weighted by molar-refractivity contribution is -0.140. The lowest BCUT2D eigenvalue weighted by Crippen LogP contribution is -2.39. The summed E-state index contributed by atoms with van der Waals surface area (Å²) in [6, 6.07) is 9.44. The van der Waals surface area contributed by atoms with Crippen LogP contribution < -0.4 is 4.74 Å². The van der Waals surface area contributed by atoms with Crippen molar-refractivity contribution in [3.05, 3.63) is 70.0 Å². The van der Waals surface area contributed by atoms with Crippen LogP contribution in [0.3, 0.4) is 0 Å². The summed E-state index contributed by atoms with van der Waals surface area (Å²) in [5.74, 6) is -2.20. The highest BCUT2D eigenvalue weighted by molar-refractivity contribution is 6.46. The van der Waals surface area contributed by atoms with Gasteiger partial charge in [-0.05, 0) is 30.7 Å². The van der Waals surface area contributed by atoms with Gasteiger partial charge in [-0.3, -0.25) is 14.5 Å². The molecule has 34 heavy (non-hydrogen) atoms. The van der Waals surface area contributed by atoms with Crippen molar-refractivity contribution in [1.82, 2.24) is 9.80 Å². The minimum atomic E-state index is -1.05. The molecule has 0 aliphatic carbocycles. The second-order valence-electron chi connectivity index (χ2n) is 8.17. The van der Waals surface area contributed by atoms with Crippen LogP contribution in [0.25, 0.3) is 5.76 Å². The summed E-state index contributed by atoms with van der Waals surface area (Å²) in [6.45, 7) is 3.86. The van der Waals surface area contributed by atoms with Gasteiger partial charge in [0.15, 0.2) is 0 Å². The van der Waals surface area contributed by atoms with E-state index < -0.39 is 29.3 Å². The number of ketones is 1. The number of aliphatic hydroxyl groups is 1. The molecule has 2 heterocycles. The number of Topliss-reactive ketones (excluding diaryl/α,β-unsaturated/α-hetero) is 1. The van der Waals surface area contributed by atoms with Crippen LogP contribution >= 0.6 is 11.6 Å². The highest BCUT2D eigenvalue weighted by Gasteiger charge is 2.46. The largest absolute Gasteiger partial charge is 0.507 e. The molecule has 0 saturated carbocycles. The summed E-state index contributed by atoms with van der Waals surface area (Å²) in [5, 5.41) is 11.3. The third-order valence-electron chi connectivity index (χ3n) is 6.14. The van der Waals surface area contributed by atoms with Gasteiger partial charge in [-0.2, -0.15) is 0 Å². The average molecular weight is 489 g/mol. The Hall–Kier alpha value is -2.94. The Labute approximate surface area is 202 Å². The van der Waals surface area contributed by atoms with Gasteiger partial charge in [0.05, 0.1) is 37.0 Å². The number of rotatable bonds is 7. The fourth-order valence-electron chi connectivity index (χ4n) is 4.39. The predicted octanol–water partition coefficient (Wildman–Crippen LogP) is 3.63. The highest BCUT2D eigenvalue weighted by atomic mass is 35.5. The number of aliphatic hydroxyl groups excluding tert-OH is 1. The molecule has 0 bridgehead atoms. The molecule has 0 unspecified atom stereocenters. The highest BCUT2D eigenvalue weighted by Crippen LogP contribution is 2.41. The maximum absolute atomic E-state index is 14.9. The first-order valence-electron chi connectivity index (χ1n) is 11.1. The van der Waals surface area contributed by atoms with Crippen molar-refractivity contribution in [3.8, 4) is 5.75 Å². The number of amides is 1. The number of carbonyl (C=O) groups is 2. The van der Waals surface area contributed by atoms with E-state index in [1.54, 1.807) is 12.1 Å². The maximum atomic E-state index is 14.9. The van der Waals surface area contributed by atoms with Crippen LogP contribution in [0.15, 0.2) is 48.0 Å². The van der Waals surface area contributed by atoms with Crippen LogP contribution in [-0.4, -0.2) is 73.1 Å². The number of ether oxygens (including phenoxy) is 2. The van der Waals surface area contributed by atoms with Crippen LogP contribution in [0.1, 0.15) is 23.6 Å². The van der Waals surface area contributed by atoms with Gasteiger partial charge in [0, 0.05) is 37.3 Å². The molecule has 9 heteroatoms. The molecular formula is C25H26ClFN2O5. The van der Waals surface area contributed by atoms with Crippen LogP contribution in [-0.2, 0) is 14.3 Å². The summed E-state index contributed by atoms with van der Waals surface area (Å²) >= 11 is 6.20. The molecule has 180 valence electrons. The van der Waals surface area contributed by atoms with Gasteiger partial charge in [0.25, 0.3) is 11.7 Å². The molecule has 2 aliphatic heterocycles. The maximum Gasteiger partial charge on any atom is 0.295 e. The van der Waals surface area contributed by atoms with Gasteiger partial charge in [-0.1, -0.05) is 29.8 Å². The number of morpholine rings is 1. The molecule has 1 amide bonds. The van der Waals surface area contributed by atoms with Crippen molar-refractivity contribution in [3.63, 3.8) is 0 Å². The molecule has 0 spiro atoms. The first-order valence-corrected chi connectivity index (χ1v) is 11.5. The van der Waals surface area contributed by atoms with Crippen LogP contribution in [0, 0.1) is 5.82 Å². The second-order valence-corrected chi connectivity index (χ2v) is 8.58. The molecule has 2 saturated heterocycles. The standard InChI is InChI=1S/C25H26ClFN2O5/c1-33-20-8-7-16(15-18(20)26)23(30)21-22(17-5-2-3-6-19(17)27)29(25(32)24(21)31)10-4-9-28-11-13-34-14-12-28/h2-3,5-8,15,22,30H,4,9-14H2,1H3/b23-21+/t22-/m1/s1. The summed E-state index contributed by atoms with van der Waals surface area (Å²) in [6.07, 6.45) is 0.590. The Morgan fingerprint density at radius 3 is 2.59 bits per heavy atom. The van der Waals surface area contributed by atoms with E-state index in [0.29, 0.717) is 31.9 Å². The monoisotopic (exact) mass is 488 g/mol. The molecule has 0 radical (unpaired) electrons. The third kappa shape index (κ3) is 4.80. The lowest BCUT2D eigenvalue weighted by Gasteiger charge is -2.29. The van der Waals surface area contributed by atoms with Gasteiger partial charge in [-0.25, -0.2) is 4.39 Å². The predicted molar refractivity (Wildman–Crippen MR) is 125 cm³/mol. The number of halogens is 2. The van der Waals surface area contributed by atoms with Crippen molar-refractivity contribution < 1.29 is 28.6 Å². The van der Waals surface area contributed by atoms with Gasteiger partial charge in [0.1, 0.15) is 17.3 Å². The quantitative estimate of drug-likeness (QED) is 0.364. The summed E-state index contributed by atoms with van der Waals surface area (Å²) < 4.78 is 25.4. The Bertz CT molecular complexity index is 1120. The SMILES string of the molecule is COc1ccc(/C(O)=C2\C(=O)C(=O)N(CCCN3CCOCC3)[C@@H]2c2ccccc2F)cc1Cl. The zero-order valence-corrected chi connectivity index (χ0v) is 19.6. The van der Waals surface area contributed by atoms with Crippen LogP contribution in [0.5, 0.6) is 5.75 Å². The first-order chi connectivity index (χ1) is 16.4. The molecule has 2 fully saturated rings. The van der Waals surface area contributed by atoms with E-state index in [4.69, 9.17) is 21.1 Å². The normalized spacial score (nSPS) is 20.7. The zero-order chi connectivity index (χ0) is 24.2. The second kappa shape index (κ2) is 10.5. The van der Waals surface area contributed by atoms with Crippen molar-refractivity contribution in [2.45, 2.75) is 12.5 Å². The van der Waals surface area contributed by atoms with E-state index >= 15 is 0 Å². The Morgan fingerprint density at radius 2 is 1.91 bits per heavy atom. The van der Waals surface area contributed by atoms with E-state index in [-0.39, 0.29) is 28.3 Å². The number of carbonyl (C=O) groups excluding carboxylic acids is 2. The Morgan fingerprint density at radius 1 is 1.18 bits per heavy atom. The lowest BCUT2D eigenvalue weighted by atomic mass is 9.95. The molecule has 2 aromatic carbocycles. The summed E-state index contributed by atoms with van der Waals surface area (Å²) in [4.78, 5) is 29.7. The van der Waals surface area contributed by atoms with Gasteiger partial charge < -0.3 is 19.5 Å². The molecule has 1 N–H and O–H groups in total. The van der Waals surface area contributed by atoms with E-state index in [9.17, 15) is 19.1 Å². The molecular weight excluding hydrogens is 463 g/mol. The Kier molecular flexibility index (Phi) is 7.50. The molecule has 2 aromatic rings. The Balaban J connectivity index is 1.70. The summed E-state index contributed by atoms with van der Waals surface area (Å²) in [7, 11) is 1.46. The molecule has 1 atom stereocenters. The first kappa shape index (κ1) is 24.2. The van der Waals surface area contributed by atoms with Gasteiger partial charge in [-0.15, -0.1) is 0 Å². The number of likely N-dealkylation sites (tertiary alicyclic amines) is 1. The molecule has 7 nitrogen and oxygen atoms in total. The van der Waals surface area contributed by atoms with Gasteiger partial charge in [0.2, 0.25) is 0 Å². The van der Waals surface area contributed by atoms with Crippen molar-refractivity contribution in [1.29, 1.82) is 0 Å². The minimum absolute atomic E-state index is 0.147. The molecule has 0 aromatic heterocycles. The van der Waals surface area contributed by atoms with E-state index in [2.05, 4.69) is 4.90 Å². The summed E-state index contributed by atoms with van der Waals surface area (Å²) in [5.41, 5.74) is 0.218. The van der Waals surface area contributed by atoms with Gasteiger partial charge >= 0.3 is 0 Å². The number of hydrogen-bond acceptors (Lipinski definition) is 6. The minimum Gasteiger partial charge on any atom is -0.507 e. The smallest absolute Gasteiger partial charge is 0.295 e. The number of benzene rings is 2. The van der Waals surface area contributed by atoms with E-state index in [0.717, 1.165) is 13.1 Å². The third-order valence-corrected chi connectivity index (χ3v) is 6.44. The number of nitrogens with zero attached hydrogens (tertiary/aromatic N) is 2. The van der Waals surface area contributed by atoms with Crippen LogP contribution in [0.2, 0.25) is 5.02 Å². The van der Waals surface area contributed by atoms with Crippen molar-refractivity contribution in [2.24, 2.45) is 0 Å². The van der Waals surface area contributed by atoms with E-state index in [1.807, 2.05) is 0 Å². The zero-order valence-electron chi connectivity index (χ0n) is 18.8. The van der Waals surface area contributed by atoms with Crippen molar-refractivity contribution in [2.75, 3.05) is 46.5 Å². The number of hydrogen-bond donors (Lipinski definition) is 1. The topological polar surface area (TPSA) is 79.3 Å². The molecule has 2 aliphatic rings. The number of methoxy groups -OCH3 is 1. The average Bonchev–Trinajstić information content (AvgIpc) is 3.09. The van der Waals surface area contributed by atoms with Crippen molar-refractivity contribution >= 4 is 29.1 Å². The van der Waals surface area contributed by atoms with Crippen LogP contribution in [0.4, 0.5) is 4.39 Å². The van der Waals surface area contributed by atoms with E-state index in [1.165, 1.54) is 42.3 Å².